The number of phenols is 1. The second-order valence-corrected chi connectivity index (χ2v) is 9.73. The minimum atomic E-state index is -1.25. The Balaban J connectivity index is 1.97. The van der Waals surface area contributed by atoms with Gasteiger partial charge in [0.05, 0.1) is 5.69 Å². The third-order valence-electron chi connectivity index (χ3n) is 4.84. The second-order valence-electron chi connectivity index (χ2n) is 8.83. The van der Waals surface area contributed by atoms with Crippen LogP contribution in [-0.2, 0) is 14.4 Å². The van der Waals surface area contributed by atoms with Gasteiger partial charge < -0.3 is 15.7 Å². The molecule has 1 atom stereocenters. The van der Waals surface area contributed by atoms with Crippen LogP contribution in [0.3, 0.4) is 0 Å². The molecular formula is C25H27FN4O4S. The first-order valence-electron chi connectivity index (χ1n) is 10.9. The molecule has 0 saturated heterocycles. The highest BCUT2D eigenvalue weighted by Gasteiger charge is 2.35. The number of hydrogen-bond acceptors (Lipinski definition) is 6. The number of carbonyl (C=O) groups excluding carboxylic acids is 3. The molecule has 0 aliphatic rings. The number of amides is 3. The van der Waals surface area contributed by atoms with Gasteiger partial charge >= 0.3 is 0 Å². The Bertz CT molecular complexity index is 1180. The van der Waals surface area contributed by atoms with Crippen molar-refractivity contribution < 1.29 is 23.9 Å². The Morgan fingerprint density at radius 1 is 1.09 bits per heavy atom. The molecule has 184 valence electrons. The van der Waals surface area contributed by atoms with Gasteiger partial charge in [0, 0.05) is 30.0 Å². The lowest BCUT2D eigenvalue weighted by atomic mass is 10.00. The predicted molar refractivity (Wildman–Crippen MR) is 133 cm³/mol. The van der Waals surface area contributed by atoms with E-state index in [2.05, 4.69) is 15.6 Å². The Morgan fingerprint density at radius 2 is 1.77 bits per heavy atom. The summed E-state index contributed by atoms with van der Waals surface area (Å²) in [5.41, 5.74) is -0.363. The quantitative estimate of drug-likeness (QED) is 0.426. The number of halogens is 1. The molecule has 1 heterocycles. The van der Waals surface area contributed by atoms with Gasteiger partial charge in [-0.2, -0.15) is 0 Å². The lowest BCUT2D eigenvalue weighted by Gasteiger charge is -2.34. The zero-order valence-electron chi connectivity index (χ0n) is 19.6. The van der Waals surface area contributed by atoms with Gasteiger partial charge in [-0.25, -0.2) is 9.37 Å². The number of phenolic OH excluding ortho intramolecular Hbond substituents is 1. The minimum Gasteiger partial charge on any atom is -0.508 e. The van der Waals surface area contributed by atoms with Crippen molar-refractivity contribution in [2.45, 2.75) is 45.2 Å². The second kappa shape index (κ2) is 11.1. The number of aromatic nitrogens is 1. The maximum absolute atomic E-state index is 14.9. The molecule has 0 bridgehead atoms. The molecule has 35 heavy (non-hydrogen) atoms. The first-order valence-corrected chi connectivity index (χ1v) is 11.8. The van der Waals surface area contributed by atoms with Crippen molar-refractivity contribution in [3.63, 3.8) is 0 Å². The van der Waals surface area contributed by atoms with E-state index >= 15 is 0 Å². The van der Waals surface area contributed by atoms with Gasteiger partial charge in [0.2, 0.25) is 17.7 Å². The Labute approximate surface area is 206 Å². The van der Waals surface area contributed by atoms with Crippen molar-refractivity contribution in [3.8, 4) is 5.75 Å². The Hall–Kier alpha value is -3.79. The summed E-state index contributed by atoms with van der Waals surface area (Å²) >= 11 is 1.24. The first-order chi connectivity index (χ1) is 16.5. The smallest absolute Gasteiger partial charge is 0.248 e. The predicted octanol–water partition coefficient (Wildman–Crippen LogP) is 4.40. The van der Waals surface area contributed by atoms with E-state index in [1.807, 2.05) is 0 Å². The Kier molecular flexibility index (Phi) is 8.18. The summed E-state index contributed by atoms with van der Waals surface area (Å²) < 4.78 is 14.9. The highest BCUT2D eigenvalue weighted by atomic mass is 32.1. The molecule has 3 amide bonds. The van der Waals surface area contributed by atoms with Crippen LogP contribution in [0.15, 0.2) is 60.1 Å². The van der Waals surface area contributed by atoms with Crippen LogP contribution in [0.25, 0.3) is 0 Å². The minimum absolute atomic E-state index is 0.0219. The van der Waals surface area contributed by atoms with Crippen LogP contribution in [0.4, 0.5) is 15.2 Å². The first kappa shape index (κ1) is 25.8. The molecule has 0 aliphatic heterocycles. The van der Waals surface area contributed by atoms with Gasteiger partial charge in [-0.15, -0.1) is 11.3 Å². The number of benzene rings is 2. The van der Waals surface area contributed by atoms with Crippen molar-refractivity contribution in [1.82, 2.24) is 10.3 Å². The van der Waals surface area contributed by atoms with E-state index in [4.69, 9.17) is 0 Å². The van der Waals surface area contributed by atoms with Crippen LogP contribution in [0, 0.1) is 5.82 Å². The van der Waals surface area contributed by atoms with Gasteiger partial charge in [-0.3, -0.25) is 19.3 Å². The monoisotopic (exact) mass is 498 g/mol. The van der Waals surface area contributed by atoms with Crippen LogP contribution < -0.4 is 15.5 Å². The average molecular weight is 499 g/mol. The molecule has 0 aliphatic carbocycles. The van der Waals surface area contributed by atoms with Crippen LogP contribution >= 0.6 is 11.3 Å². The maximum Gasteiger partial charge on any atom is 0.248 e. The number of thiazole rings is 1. The zero-order valence-corrected chi connectivity index (χ0v) is 20.4. The van der Waals surface area contributed by atoms with Crippen molar-refractivity contribution >= 4 is 39.9 Å². The SMILES string of the molecule is CC(C)(C)NC(=O)[C@@H](c1ccc(O)cc1)N(C(=O)CCC(=O)Nc1nccs1)c1ccccc1F. The number of anilines is 2. The largest absolute Gasteiger partial charge is 0.508 e. The average Bonchev–Trinajstić information content (AvgIpc) is 3.29. The summed E-state index contributed by atoms with van der Waals surface area (Å²) in [6.45, 7) is 5.37. The van der Waals surface area contributed by atoms with E-state index in [1.54, 1.807) is 38.4 Å². The summed E-state index contributed by atoms with van der Waals surface area (Å²) in [4.78, 5) is 44.3. The molecule has 0 saturated carbocycles. The van der Waals surface area contributed by atoms with Gasteiger partial charge in [-0.1, -0.05) is 24.3 Å². The normalized spacial score (nSPS) is 12.0. The van der Waals surface area contributed by atoms with Crippen LogP contribution in [0.2, 0.25) is 0 Å². The molecular weight excluding hydrogens is 471 g/mol. The van der Waals surface area contributed by atoms with Gasteiger partial charge in [0.1, 0.15) is 17.6 Å². The van der Waals surface area contributed by atoms with Gasteiger partial charge in [0.15, 0.2) is 5.13 Å². The summed E-state index contributed by atoms with van der Waals surface area (Å²) in [5, 5.41) is 17.3. The fourth-order valence-electron chi connectivity index (χ4n) is 3.38. The molecule has 0 radical (unpaired) electrons. The van der Waals surface area contributed by atoms with Gasteiger partial charge in [-0.05, 0) is 50.6 Å². The molecule has 1 aromatic heterocycles. The highest BCUT2D eigenvalue weighted by Crippen LogP contribution is 2.32. The lowest BCUT2D eigenvalue weighted by Crippen LogP contribution is -2.49. The number of rotatable bonds is 8. The van der Waals surface area contributed by atoms with Crippen molar-refractivity contribution in [1.29, 1.82) is 0 Å². The molecule has 8 nitrogen and oxygen atoms in total. The van der Waals surface area contributed by atoms with E-state index < -0.39 is 35.1 Å². The molecule has 0 spiro atoms. The fraction of sp³-hybridized carbons (Fsp3) is 0.280. The highest BCUT2D eigenvalue weighted by molar-refractivity contribution is 7.13. The zero-order chi connectivity index (χ0) is 25.6. The molecule has 3 rings (SSSR count). The van der Waals surface area contributed by atoms with Crippen LogP contribution in [0.1, 0.15) is 45.2 Å². The molecule has 0 fully saturated rings. The summed E-state index contributed by atoms with van der Waals surface area (Å²) in [5.74, 6) is -2.30. The molecule has 0 unspecified atom stereocenters. The van der Waals surface area contributed by atoms with Crippen molar-refractivity contribution in [3.05, 3.63) is 71.5 Å². The van der Waals surface area contributed by atoms with Crippen LogP contribution in [0.5, 0.6) is 5.75 Å². The van der Waals surface area contributed by atoms with E-state index in [0.29, 0.717) is 10.7 Å². The number of hydrogen-bond donors (Lipinski definition) is 3. The lowest BCUT2D eigenvalue weighted by molar-refractivity contribution is -0.128. The number of para-hydroxylation sites is 1. The summed E-state index contributed by atoms with van der Waals surface area (Å²) in [6, 6.07) is 10.2. The van der Waals surface area contributed by atoms with Crippen molar-refractivity contribution in [2.24, 2.45) is 0 Å². The van der Waals surface area contributed by atoms with Crippen molar-refractivity contribution in [2.75, 3.05) is 10.2 Å². The number of carbonyl (C=O) groups is 3. The van der Waals surface area contributed by atoms with E-state index in [1.165, 1.54) is 53.8 Å². The third-order valence-corrected chi connectivity index (χ3v) is 5.53. The standard InChI is InChI=1S/C25H27FN4O4S/c1-25(2,3)29-23(34)22(16-8-10-17(31)11-9-16)30(19-7-5-4-6-18(19)26)21(33)13-12-20(32)28-24-27-14-15-35-24/h4-11,14-15,22,31H,12-13H2,1-3H3,(H,29,34)(H,27,28,32)/t22-/m1/s1. The van der Waals surface area contributed by atoms with E-state index in [9.17, 15) is 23.9 Å². The van der Waals surface area contributed by atoms with E-state index in [-0.39, 0.29) is 24.3 Å². The van der Waals surface area contributed by atoms with Gasteiger partial charge in [0.25, 0.3) is 0 Å². The summed E-state index contributed by atoms with van der Waals surface area (Å²) in [6.07, 6.45) is 1.08. The molecule has 3 aromatic rings. The summed E-state index contributed by atoms with van der Waals surface area (Å²) in [7, 11) is 0. The number of nitrogens with one attached hydrogen (secondary N) is 2. The molecule has 10 heteroatoms. The van der Waals surface area contributed by atoms with Crippen LogP contribution in [-0.4, -0.2) is 33.4 Å². The number of aromatic hydroxyl groups is 1. The molecule has 3 N–H and O–H groups in total. The molecule has 2 aromatic carbocycles. The Morgan fingerprint density at radius 3 is 2.37 bits per heavy atom. The fourth-order valence-corrected chi connectivity index (χ4v) is 3.93. The third kappa shape index (κ3) is 7.10. The van der Waals surface area contributed by atoms with E-state index in [0.717, 1.165) is 4.90 Å². The maximum atomic E-state index is 14.9. The number of nitrogens with zero attached hydrogens (tertiary/aromatic N) is 2. The topological polar surface area (TPSA) is 112 Å².